The van der Waals surface area contributed by atoms with Gasteiger partial charge >= 0.3 is 0 Å². The lowest BCUT2D eigenvalue weighted by molar-refractivity contribution is -0.660. The zero-order valence-electron chi connectivity index (χ0n) is 19.3. The Morgan fingerprint density at radius 3 is 1.30 bits per heavy atom. The van der Waals surface area contributed by atoms with Crippen LogP contribution in [0.2, 0.25) is 0 Å². The summed E-state index contributed by atoms with van der Waals surface area (Å²) in [6, 6.07) is 35.6. The lowest BCUT2D eigenvalue weighted by Crippen LogP contribution is -2.31. The van der Waals surface area contributed by atoms with Crippen LogP contribution in [-0.4, -0.2) is 0 Å². The van der Waals surface area contributed by atoms with Gasteiger partial charge in [-0.25, -0.2) is 4.57 Å². The summed E-state index contributed by atoms with van der Waals surface area (Å²) in [6.07, 6.45) is 2.14. The number of pyridine rings is 1. The number of fused-ring (bicyclic) bond motifs is 8. The van der Waals surface area contributed by atoms with E-state index in [1.807, 2.05) is 0 Å². The normalized spacial score (nSPS) is 11.5. The minimum absolute atomic E-state index is 1.27. The molecule has 0 amide bonds. The van der Waals surface area contributed by atoms with E-state index in [4.69, 9.17) is 0 Å². The van der Waals surface area contributed by atoms with Crippen LogP contribution in [0, 0.1) is 13.8 Å². The second kappa shape index (κ2) is 7.56. The number of hydrogen-bond donors (Lipinski definition) is 0. The molecule has 0 radical (unpaired) electrons. The largest absolute Gasteiger partial charge is 0.215 e. The summed E-state index contributed by atoms with van der Waals surface area (Å²) in [5.74, 6) is 0. The van der Waals surface area contributed by atoms with Gasteiger partial charge in [-0.1, -0.05) is 72.8 Å². The smallest absolute Gasteiger partial charge is 0.201 e. The van der Waals surface area contributed by atoms with E-state index in [2.05, 4.69) is 129 Å². The lowest BCUT2D eigenvalue weighted by atomic mass is 9.79. The summed E-state index contributed by atoms with van der Waals surface area (Å²) in [7, 11) is 2.14. The van der Waals surface area contributed by atoms with Crippen LogP contribution in [0.1, 0.15) is 11.1 Å². The number of hydrogen-bond acceptors (Lipinski definition) is 0. The molecule has 5 aromatic rings. The molecule has 1 aliphatic carbocycles. The molecule has 33 heavy (non-hydrogen) atoms. The Morgan fingerprint density at radius 2 is 0.848 bits per heavy atom. The fourth-order valence-electron chi connectivity index (χ4n) is 5.42. The molecular formula is C32H26N+. The summed E-state index contributed by atoms with van der Waals surface area (Å²) in [5.41, 5.74) is 15.4. The fraction of sp³-hybridized carbons (Fsp3) is 0.0938. The van der Waals surface area contributed by atoms with Crippen molar-refractivity contribution in [3.05, 3.63) is 114 Å². The van der Waals surface area contributed by atoms with E-state index in [1.165, 1.54) is 66.9 Å². The number of benzene rings is 4. The summed E-state index contributed by atoms with van der Waals surface area (Å²) >= 11 is 0. The Bertz CT molecular complexity index is 1520. The van der Waals surface area contributed by atoms with E-state index >= 15 is 0 Å². The molecule has 158 valence electrons. The number of aromatic nitrogens is 1. The summed E-state index contributed by atoms with van der Waals surface area (Å²) in [5, 5.41) is 0. The molecule has 0 unspecified atom stereocenters. The second-order valence-electron chi connectivity index (χ2n) is 9.00. The first-order valence-electron chi connectivity index (χ1n) is 11.5. The SMILES string of the molecule is Cc1cc2c(cc1-c1c(C)ccc[n+]1C)-c1ccccc1-c1ccccc1-c1ccccc1-2. The Morgan fingerprint density at radius 1 is 0.424 bits per heavy atom. The molecular weight excluding hydrogens is 398 g/mol. The maximum absolute atomic E-state index is 2.41. The van der Waals surface area contributed by atoms with Gasteiger partial charge in [-0.3, -0.25) is 0 Å². The molecule has 1 heteroatoms. The van der Waals surface area contributed by atoms with Crippen LogP contribution in [0.3, 0.4) is 0 Å². The van der Waals surface area contributed by atoms with E-state index in [0.29, 0.717) is 0 Å². The zero-order chi connectivity index (χ0) is 22.5. The fourth-order valence-corrected chi connectivity index (χ4v) is 5.42. The van der Waals surface area contributed by atoms with Gasteiger partial charge in [0, 0.05) is 17.2 Å². The monoisotopic (exact) mass is 424 g/mol. The highest BCUT2D eigenvalue weighted by molar-refractivity contribution is 6.04. The van der Waals surface area contributed by atoms with E-state index in [0.717, 1.165) is 0 Å². The minimum atomic E-state index is 1.27. The van der Waals surface area contributed by atoms with Crippen molar-refractivity contribution >= 4 is 0 Å². The third-order valence-electron chi connectivity index (χ3n) is 6.94. The average Bonchev–Trinajstić information content (AvgIpc) is 2.84. The minimum Gasteiger partial charge on any atom is -0.201 e. The molecule has 0 bridgehead atoms. The Labute approximate surface area is 195 Å². The topological polar surface area (TPSA) is 3.88 Å². The molecule has 6 rings (SSSR count). The van der Waals surface area contributed by atoms with Gasteiger partial charge in [0.05, 0.1) is 0 Å². The van der Waals surface area contributed by atoms with Crippen LogP contribution < -0.4 is 4.57 Å². The van der Waals surface area contributed by atoms with Crippen molar-refractivity contribution in [3.8, 4) is 55.8 Å². The lowest BCUT2D eigenvalue weighted by Gasteiger charge is -2.24. The van der Waals surface area contributed by atoms with Gasteiger partial charge in [-0.05, 0) is 82.1 Å². The van der Waals surface area contributed by atoms with Crippen molar-refractivity contribution in [1.29, 1.82) is 0 Å². The summed E-state index contributed by atoms with van der Waals surface area (Å²) in [4.78, 5) is 0. The first kappa shape index (κ1) is 19.7. The molecule has 1 heterocycles. The van der Waals surface area contributed by atoms with E-state index < -0.39 is 0 Å². The molecule has 1 aromatic heterocycles. The van der Waals surface area contributed by atoms with Crippen LogP contribution in [0.25, 0.3) is 55.8 Å². The molecule has 1 aliphatic rings. The maximum Gasteiger partial charge on any atom is 0.215 e. The van der Waals surface area contributed by atoms with Gasteiger partial charge in [0.15, 0.2) is 6.20 Å². The Kier molecular flexibility index (Phi) is 4.52. The number of aryl methyl sites for hydroxylation is 3. The number of nitrogens with zero attached hydrogens (tertiary/aromatic N) is 1. The second-order valence-corrected chi connectivity index (χ2v) is 9.00. The summed E-state index contributed by atoms with van der Waals surface area (Å²) < 4.78 is 2.24. The molecule has 0 aliphatic heterocycles. The van der Waals surface area contributed by atoms with Crippen LogP contribution in [0.15, 0.2) is 103 Å². The van der Waals surface area contributed by atoms with Gasteiger partial charge in [-0.15, -0.1) is 0 Å². The van der Waals surface area contributed by atoms with Gasteiger partial charge in [-0.2, -0.15) is 0 Å². The zero-order valence-corrected chi connectivity index (χ0v) is 19.3. The van der Waals surface area contributed by atoms with Crippen molar-refractivity contribution in [1.82, 2.24) is 0 Å². The summed E-state index contributed by atoms with van der Waals surface area (Å²) in [6.45, 7) is 4.44. The van der Waals surface area contributed by atoms with Crippen molar-refractivity contribution in [2.24, 2.45) is 7.05 Å². The molecule has 0 atom stereocenters. The Balaban J connectivity index is 1.77. The third-order valence-corrected chi connectivity index (χ3v) is 6.94. The van der Waals surface area contributed by atoms with Crippen molar-refractivity contribution < 1.29 is 4.57 Å². The van der Waals surface area contributed by atoms with Crippen LogP contribution in [0.4, 0.5) is 0 Å². The van der Waals surface area contributed by atoms with Gasteiger partial charge < -0.3 is 0 Å². The van der Waals surface area contributed by atoms with E-state index in [1.54, 1.807) is 0 Å². The predicted octanol–water partition coefficient (Wildman–Crippen LogP) is 7.78. The maximum atomic E-state index is 2.41. The molecule has 4 aromatic carbocycles. The molecule has 1 nitrogen and oxygen atoms in total. The third kappa shape index (κ3) is 3.04. The average molecular weight is 425 g/mol. The van der Waals surface area contributed by atoms with Gasteiger partial charge in [0.2, 0.25) is 5.69 Å². The first-order chi connectivity index (χ1) is 16.1. The Hall–Kier alpha value is -3.97. The highest BCUT2D eigenvalue weighted by Gasteiger charge is 2.24. The molecule has 0 N–H and O–H groups in total. The molecule has 0 spiro atoms. The van der Waals surface area contributed by atoms with Crippen molar-refractivity contribution in [3.63, 3.8) is 0 Å². The molecule has 0 fully saturated rings. The standard InChI is InChI=1S/C32H26N/c1-21-11-10-18-33(3)32(21)29-20-31-28-17-9-7-15-26(28)24-13-5-4-12-23(24)25-14-6-8-16-27(25)30(31)19-22(29)2/h4-20H,1-3H3/q+1. The predicted molar refractivity (Wildman–Crippen MR) is 138 cm³/mol. The highest BCUT2D eigenvalue weighted by atomic mass is 14.9. The van der Waals surface area contributed by atoms with Crippen molar-refractivity contribution in [2.75, 3.05) is 0 Å². The first-order valence-corrected chi connectivity index (χ1v) is 11.5. The van der Waals surface area contributed by atoms with Crippen LogP contribution >= 0.6 is 0 Å². The van der Waals surface area contributed by atoms with E-state index in [9.17, 15) is 0 Å². The molecule has 0 saturated carbocycles. The highest BCUT2D eigenvalue weighted by Crippen LogP contribution is 2.48. The van der Waals surface area contributed by atoms with Crippen LogP contribution in [0.5, 0.6) is 0 Å². The van der Waals surface area contributed by atoms with Crippen molar-refractivity contribution in [2.45, 2.75) is 13.8 Å². The quantitative estimate of drug-likeness (QED) is 0.237. The van der Waals surface area contributed by atoms with E-state index in [-0.39, 0.29) is 0 Å². The molecule has 0 saturated heterocycles. The van der Waals surface area contributed by atoms with Crippen LogP contribution in [-0.2, 0) is 7.05 Å². The van der Waals surface area contributed by atoms with Gasteiger partial charge in [0.1, 0.15) is 7.05 Å². The number of rotatable bonds is 1. The van der Waals surface area contributed by atoms with Gasteiger partial charge in [0.25, 0.3) is 0 Å².